The number of rotatable bonds is 5. The van der Waals surface area contributed by atoms with Crippen LogP contribution in [0.25, 0.3) is 0 Å². The standard InChI is InChI=1S/C16H17N3O4/c1-9-10(2)18-19-15(21)13(9)14(20)17-8-12(16(22)23)11-6-4-3-5-7-11/h3-7,12H,8H2,1-2H3,(H,17,20)(H,19,21)(H,22,23). The second-order valence-corrected chi connectivity index (χ2v) is 5.15. The quantitative estimate of drug-likeness (QED) is 0.761. The highest BCUT2D eigenvalue weighted by molar-refractivity contribution is 5.95. The number of nitrogens with zero attached hydrogens (tertiary/aromatic N) is 1. The summed E-state index contributed by atoms with van der Waals surface area (Å²) in [6, 6.07) is 8.60. The molecule has 23 heavy (non-hydrogen) atoms. The molecule has 0 aliphatic rings. The van der Waals surface area contributed by atoms with Crippen molar-refractivity contribution in [2.75, 3.05) is 6.54 Å². The van der Waals surface area contributed by atoms with Crippen LogP contribution in [0, 0.1) is 13.8 Å². The fourth-order valence-corrected chi connectivity index (χ4v) is 2.22. The van der Waals surface area contributed by atoms with Crippen LogP contribution in [0.3, 0.4) is 0 Å². The normalized spacial score (nSPS) is 11.7. The van der Waals surface area contributed by atoms with E-state index < -0.39 is 23.4 Å². The molecule has 1 amide bonds. The van der Waals surface area contributed by atoms with Gasteiger partial charge in [-0.1, -0.05) is 30.3 Å². The van der Waals surface area contributed by atoms with Crippen molar-refractivity contribution in [2.24, 2.45) is 0 Å². The first-order valence-electron chi connectivity index (χ1n) is 7.03. The Labute approximate surface area is 132 Å². The molecular weight excluding hydrogens is 298 g/mol. The van der Waals surface area contributed by atoms with Crippen molar-refractivity contribution in [3.05, 3.63) is 63.1 Å². The van der Waals surface area contributed by atoms with E-state index in [-0.39, 0.29) is 12.1 Å². The SMILES string of the molecule is Cc1n[nH]c(=O)c(C(=O)NCC(C(=O)O)c2ccccc2)c1C. The average Bonchev–Trinajstić information content (AvgIpc) is 2.52. The summed E-state index contributed by atoms with van der Waals surface area (Å²) in [4.78, 5) is 35.4. The molecule has 0 saturated heterocycles. The van der Waals surface area contributed by atoms with E-state index in [1.165, 1.54) is 0 Å². The van der Waals surface area contributed by atoms with Crippen molar-refractivity contribution in [2.45, 2.75) is 19.8 Å². The molecule has 0 radical (unpaired) electrons. The number of amides is 1. The lowest BCUT2D eigenvalue weighted by atomic mass is 9.99. The molecule has 0 aliphatic carbocycles. The Bertz CT molecular complexity index is 784. The number of aryl methyl sites for hydroxylation is 1. The number of carboxylic acids is 1. The van der Waals surface area contributed by atoms with Crippen LogP contribution in [0.5, 0.6) is 0 Å². The number of benzene rings is 1. The molecule has 0 bridgehead atoms. The number of aromatic nitrogens is 2. The lowest BCUT2D eigenvalue weighted by Gasteiger charge is -2.14. The minimum atomic E-state index is -1.05. The lowest BCUT2D eigenvalue weighted by molar-refractivity contribution is -0.138. The number of H-pyrrole nitrogens is 1. The van der Waals surface area contributed by atoms with Crippen molar-refractivity contribution in [3.63, 3.8) is 0 Å². The Balaban J connectivity index is 2.19. The topological polar surface area (TPSA) is 112 Å². The Hall–Kier alpha value is -2.96. The number of hydrogen-bond acceptors (Lipinski definition) is 4. The van der Waals surface area contributed by atoms with Gasteiger partial charge < -0.3 is 10.4 Å². The highest BCUT2D eigenvalue weighted by Gasteiger charge is 2.22. The van der Waals surface area contributed by atoms with Gasteiger partial charge in [-0.2, -0.15) is 5.10 Å². The second-order valence-electron chi connectivity index (χ2n) is 5.15. The minimum absolute atomic E-state index is 0.0466. The zero-order valence-electron chi connectivity index (χ0n) is 12.8. The van der Waals surface area contributed by atoms with Crippen LogP contribution in [0.2, 0.25) is 0 Å². The van der Waals surface area contributed by atoms with Crippen molar-refractivity contribution < 1.29 is 14.7 Å². The Morgan fingerprint density at radius 1 is 1.26 bits per heavy atom. The van der Waals surface area contributed by atoms with Crippen LogP contribution in [0.15, 0.2) is 35.1 Å². The number of carboxylic acid groups (broad SMARTS) is 1. The fraction of sp³-hybridized carbons (Fsp3) is 0.250. The molecule has 1 heterocycles. The summed E-state index contributed by atoms with van der Waals surface area (Å²) in [5.41, 5.74) is 0.939. The highest BCUT2D eigenvalue weighted by Crippen LogP contribution is 2.15. The first kappa shape index (κ1) is 16.4. The van der Waals surface area contributed by atoms with Gasteiger partial charge in [-0.25, -0.2) is 5.10 Å². The van der Waals surface area contributed by atoms with Crippen LogP contribution < -0.4 is 10.9 Å². The molecule has 1 atom stereocenters. The zero-order chi connectivity index (χ0) is 17.0. The Morgan fingerprint density at radius 2 is 1.91 bits per heavy atom. The van der Waals surface area contributed by atoms with E-state index in [1.807, 2.05) is 0 Å². The number of hydrogen-bond donors (Lipinski definition) is 3. The number of aliphatic carboxylic acids is 1. The van der Waals surface area contributed by atoms with Gasteiger partial charge in [0, 0.05) is 6.54 Å². The van der Waals surface area contributed by atoms with E-state index in [2.05, 4.69) is 15.5 Å². The van der Waals surface area contributed by atoms with Gasteiger partial charge in [0.05, 0.1) is 11.6 Å². The molecule has 1 aromatic heterocycles. The van der Waals surface area contributed by atoms with E-state index >= 15 is 0 Å². The van der Waals surface area contributed by atoms with Crippen molar-refractivity contribution >= 4 is 11.9 Å². The fourth-order valence-electron chi connectivity index (χ4n) is 2.22. The van der Waals surface area contributed by atoms with Gasteiger partial charge in [-0.3, -0.25) is 14.4 Å². The van der Waals surface area contributed by atoms with Crippen molar-refractivity contribution in [1.82, 2.24) is 15.5 Å². The monoisotopic (exact) mass is 315 g/mol. The minimum Gasteiger partial charge on any atom is -0.481 e. The Kier molecular flexibility index (Phi) is 4.90. The third-order valence-electron chi connectivity index (χ3n) is 3.66. The molecule has 0 fully saturated rings. The van der Waals surface area contributed by atoms with Gasteiger partial charge in [0.2, 0.25) is 0 Å². The third-order valence-corrected chi connectivity index (χ3v) is 3.66. The van der Waals surface area contributed by atoms with Crippen LogP contribution in [0.1, 0.15) is 33.1 Å². The maximum absolute atomic E-state index is 12.2. The number of aromatic amines is 1. The molecule has 0 spiro atoms. The molecule has 7 heteroatoms. The lowest BCUT2D eigenvalue weighted by Crippen LogP contribution is -2.36. The molecule has 2 aromatic rings. The molecule has 120 valence electrons. The number of carbonyl (C=O) groups is 2. The largest absolute Gasteiger partial charge is 0.481 e. The molecule has 0 saturated carbocycles. The molecule has 0 aliphatic heterocycles. The van der Waals surface area contributed by atoms with Gasteiger partial charge in [-0.15, -0.1) is 0 Å². The highest BCUT2D eigenvalue weighted by atomic mass is 16.4. The summed E-state index contributed by atoms with van der Waals surface area (Å²) in [6.45, 7) is 3.18. The molecule has 7 nitrogen and oxygen atoms in total. The van der Waals surface area contributed by atoms with Gasteiger partial charge >= 0.3 is 5.97 Å². The maximum Gasteiger partial charge on any atom is 0.312 e. The molecular formula is C16H17N3O4. The maximum atomic E-state index is 12.2. The van der Waals surface area contributed by atoms with Crippen molar-refractivity contribution in [3.8, 4) is 0 Å². The summed E-state index contributed by atoms with van der Waals surface area (Å²) in [5, 5.41) is 17.9. The average molecular weight is 315 g/mol. The predicted molar refractivity (Wildman–Crippen MR) is 83.5 cm³/mol. The molecule has 1 aromatic carbocycles. The first-order valence-corrected chi connectivity index (χ1v) is 7.03. The van der Waals surface area contributed by atoms with E-state index in [0.29, 0.717) is 16.8 Å². The van der Waals surface area contributed by atoms with Gasteiger partial charge in [0.1, 0.15) is 5.56 Å². The predicted octanol–water partition coefficient (Wildman–Crippen LogP) is 0.985. The summed E-state index contributed by atoms with van der Waals surface area (Å²) >= 11 is 0. The van der Waals surface area contributed by atoms with Crippen LogP contribution in [0.4, 0.5) is 0 Å². The van der Waals surface area contributed by atoms with Gasteiger partial charge in [0.15, 0.2) is 0 Å². The van der Waals surface area contributed by atoms with E-state index in [4.69, 9.17) is 0 Å². The Morgan fingerprint density at radius 3 is 2.52 bits per heavy atom. The van der Waals surface area contributed by atoms with Crippen LogP contribution in [-0.4, -0.2) is 33.7 Å². The van der Waals surface area contributed by atoms with E-state index in [9.17, 15) is 19.5 Å². The number of carbonyl (C=O) groups excluding carboxylic acids is 1. The first-order chi connectivity index (χ1) is 10.9. The summed E-state index contributed by atoms with van der Waals surface area (Å²) < 4.78 is 0. The van der Waals surface area contributed by atoms with Gasteiger partial charge in [-0.05, 0) is 25.0 Å². The van der Waals surface area contributed by atoms with E-state index in [1.54, 1.807) is 44.2 Å². The zero-order valence-corrected chi connectivity index (χ0v) is 12.8. The number of nitrogens with one attached hydrogen (secondary N) is 2. The molecule has 2 rings (SSSR count). The van der Waals surface area contributed by atoms with Crippen molar-refractivity contribution in [1.29, 1.82) is 0 Å². The summed E-state index contributed by atoms with van der Waals surface area (Å²) in [5.74, 6) is -2.55. The van der Waals surface area contributed by atoms with E-state index in [0.717, 1.165) is 0 Å². The smallest absolute Gasteiger partial charge is 0.312 e. The summed E-state index contributed by atoms with van der Waals surface area (Å²) in [7, 11) is 0. The van der Waals surface area contributed by atoms with Crippen LogP contribution >= 0.6 is 0 Å². The second kappa shape index (κ2) is 6.87. The molecule has 1 unspecified atom stereocenters. The third kappa shape index (κ3) is 3.63. The molecule has 3 N–H and O–H groups in total. The van der Waals surface area contributed by atoms with Crippen LogP contribution in [-0.2, 0) is 4.79 Å². The van der Waals surface area contributed by atoms with Gasteiger partial charge in [0.25, 0.3) is 11.5 Å². The summed E-state index contributed by atoms with van der Waals surface area (Å²) in [6.07, 6.45) is 0.